The molecule has 2 N–H and O–H groups in total. The van der Waals surface area contributed by atoms with Crippen LogP contribution in [0.4, 0.5) is 0 Å². The van der Waals surface area contributed by atoms with Crippen molar-refractivity contribution >= 4 is 10.9 Å². The fraction of sp³-hybridized carbons (Fsp3) is 0.385. The maximum atomic E-state index is 11.9. The normalized spacial score (nSPS) is 19.9. The molecule has 0 spiro atoms. The van der Waals surface area contributed by atoms with Gasteiger partial charge in [0.05, 0.1) is 10.9 Å². The van der Waals surface area contributed by atoms with E-state index in [-0.39, 0.29) is 5.56 Å². The van der Waals surface area contributed by atoms with Gasteiger partial charge < -0.3 is 10.3 Å². The lowest BCUT2D eigenvalue weighted by atomic mass is 10.0. The SMILES string of the molecule is O=c1[nH]c(CC2CCNC2)nc2ccccc12. The molecule has 1 aromatic carbocycles. The first-order chi connectivity index (χ1) is 8.33. The first kappa shape index (κ1) is 10.5. The Morgan fingerprint density at radius 1 is 1.35 bits per heavy atom. The van der Waals surface area contributed by atoms with Crippen LogP contribution in [0.25, 0.3) is 10.9 Å². The predicted octanol–water partition coefficient (Wildman–Crippen LogP) is 1.08. The minimum absolute atomic E-state index is 0.0310. The molecule has 1 aliphatic rings. The quantitative estimate of drug-likeness (QED) is 0.810. The van der Waals surface area contributed by atoms with E-state index in [1.807, 2.05) is 24.3 Å². The first-order valence-electron chi connectivity index (χ1n) is 6.01. The molecule has 3 rings (SSSR count). The van der Waals surface area contributed by atoms with Crippen LogP contribution in [0, 0.1) is 5.92 Å². The van der Waals surface area contributed by atoms with Crippen LogP contribution in [0.2, 0.25) is 0 Å². The number of aromatic nitrogens is 2. The fourth-order valence-electron chi connectivity index (χ4n) is 2.39. The first-order valence-corrected chi connectivity index (χ1v) is 6.01. The zero-order chi connectivity index (χ0) is 11.7. The van der Waals surface area contributed by atoms with Crippen molar-refractivity contribution in [2.45, 2.75) is 12.8 Å². The molecule has 1 atom stereocenters. The van der Waals surface area contributed by atoms with Gasteiger partial charge in [0.25, 0.3) is 5.56 Å². The Hall–Kier alpha value is -1.68. The molecule has 1 fully saturated rings. The second-order valence-electron chi connectivity index (χ2n) is 4.59. The summed E-state index contributed by atoms with van der Waals surface area (Å²) in [5.41, 5.74) is 0.758. The summed E-state index contributed by atoms with van der Waals surface area (Å²) in [7, 11) is 0. The number of rotatable bonds is 2. The van der Waals surface area contributed by atoms with E-state index < -0.39 is 0 Å². The number of para-hydroxylation sites is 1. The van der Waals surface area contributed by atoms with Crippen LogP contribution in [-0.4, -0.2) is 23.1 Å². The topological polar surface area (TPSA) is 57.8 Å². The lowest BCUT2D eigenvalue weighted by molar-refractivity contribution is 0.562. The van der Waals surface area contributed by atoms with Crippen LogP contribution in [0.5, 0.6) is 0 Å². The van der Waals surface area contributed by atoms with Crippen LogP contribution in [-0.2, 0) is 6.42 Å². The highest BCUT2D eigenvalue weighted by Crippen LogP contribution is 2.13. The molecule has 0 radical (unpaired) electrons. The lowest BCUT2D eigenvalue weighted by Gasteiger charge is -2.07. The van der Waals surface area contributed by atoms with E-state index in [1.165, 1.54) is 0 Å². The van der Waals surface area contributed by atoms with E-state index in [2.05, 4.69) is 15.3 Å². The summed E-state index contributed by atoms with van der Waals surface area (Å²) in [4.78, 5) is 19.3. The summed E-state index contributed by atoms with van der Waals surface area (Å²) in [6, 6.07) is 7.47. The number of fused-ring (bicyclic) bond motifs is 1. The number of hydrogen-bond acceptors (Lipinski definition) is 3. The number of nitrogens with zero attached hydrogens (tertiary/aromatic N) is 1. The Balaban J connectivity index is 1.97. The third-order valence-electron chi connectivity index (χ3n) is 3.31. The molecule has 0 amide bonds. The average Bonchev–Trinajstić information content (AvgIpc) is 2.82. The Morgan fingerprint density at radius 2 is 2.24 bits per heavy atom. The fourth-order valence-corrected chi connectivity index (χ4v) is 2.39. The lowest BCUT2D eigenvalue weighted by Crippen LogP contribution is -2.16. The minimum Gasteiger partial charge on any atom is -0.316 e. The molecule has 1 saturated heterocycles. The van der Waals surface area contributed by atoms with Crippen molar-refractivity contribution in [1.82, 2.24) is 15.3 Å². The molecule has 17 heavy (non-hydrogen) atoms. The molecule has 0 bridgehead atoms. The van der Waals surface area contributed by atoms with E-state index in [4.69, 9.17) is 0 Å². The van der Waals surface area contributed by atoms with Gasteiger partial charge in [0.2, 0.25) is 0 Å². The van der Waals surface area contributed by atoms with Gasteiger partial charge in [-0.3, -0.25) is 4.79 Å². The van der Waals surface area contributed by atoms with Crippen molar-refractivity contribution in [3.8, 4) is 0 Å². The van der Waals surface area contributed by atoms with Gasteiger partial charge in [-0.2, -0.15) is 0 Å². The van der Waals surface area contributed by atoms with Crippen LogP contribution in [0.15, 0.2) is 29.1 Å². The largest absolute Gasteiger partial charge is 0.316 e. The average molecular weight is 229 g/mol. The van der Waals surface area contributed by atoms with Crippen LogP contribution < -0.4 is 10.9 Å². The van der Waals surface area contributed by atoms with Gasteiger partial charge in [-0.25, -0.2) is 4.98 Å². The number of hydrogen-bond donors (Lipinski definition) is 2. The Morgan fingerprint density at radius 3 is 3.06 bits per heavy atom. The second kappa shape index (κ2) is 4.30. The summed E-state index contributed by atoms with van der Waals surface area (Å²) < 4.78 is 0. The van der Waals surface area contributed by atoms with E-state index >= 15 is 0 Å². The number of nitrogens with one attached hydrogen (secondary N) is 2. The Kier molecular flexibility index (Phi) is 2.65. The van der Waals surface area contributed by atoms with Crippen molar-refractivity contribution < 1.29 is 0 Å². The molecular weight excluding hydrogens is 214 g/mol. The molecule has 4 nitrogen and oxygen atoms in total. The molecule has 1 unspecified atom stereocenters. The van der Waals surface area contributed by atoms with Gasteiger partial charge in [0, 0.05) is 6.42 Å². The standard InChI is InChI=1S/C13H15N3O/c17-13-10-3-1-2-4-11(10)15-12(16-13)7-9-5-6-14-8-9/h1-4,9,14H,5-8H2,(H,15,16,17). The molecular formula is C13H15N3O. The maximum absolute atomic E-state index is 11.9. The zero-order valence-corrected chi connectivity index (χ0v) is 9.57. The highest BCUT2D eigenvalue weighted by atomic mass is 16.1. The van der Waals surface area contributed by atoms with Crippen molar-refractivity contribution in [3.63, 3.8) is 0 Å². The summed E-state index contributed by atoms with van der Waals surface area (Å²) in [6.07, 6.45) is 2.02. The molecule has 1 aromatic heterocycles. The van der Waals surface area contributed by atoms with Gasteiger partial charge in [0.1, 0.15) is 5.82 Å². The third-order valence-corrected chi connectivity index (χ3v) is 3.31. The smallest absolute Gasteiger partial charge is 0.258 e. The Bertz CT molecular complexity index is 584. The molecule has 4 heteroatoms. The molecule has 2 aromatic rings. The van der Waals surface area contributed by atoms with E-state index in [1.54, 1.807) is 0 Å². The van der Waals surface area contributed by atoms with Crippen molar-refractivity contribution in [3.05, 3.63) is 40.4 Å². The highest BCUT2D eigenvalue weighted by Gasteiger charge is 2.16. The Labute approximate surface area is 99.1 Å². The predicted molar refractivity (Wildman–Crippen MR) is 67.0 cm³/mol. The molecule has 1 aliphatic heterocycles. The van der Waals surface area contributed by atoms with E-state index in [0.29, 0.717) is 11.3 Å². The van der Waals surface area contributed by atoms with E-state index in [9.17, 15) is 4.79 Å². The molecule has 2 heterocycles. The summed E-state index contributed by atoms with van der Waals surface area (Å²) in [6.45, 7) is 2.10. The second-order valence-corrected chi connectivity index (χ2v) is 4.59. The van der Waals surface area contributed by atoms with Crippen LogP contribution >= 0.6 is 0 Å². The monoisotopic (exact) mass is 229 g/mol. The summed E-state index contributed by atoms with van der Waals surface area (Å²) >= 11 is 0. The van der Waals surface area contributed by atoms with Gasteiger partial charge in [-0.05, 0) is 37.6 Å². The van der Waals surface area contributed by atoms with Crippen molar-refractivity contribution in [2.24, 2.45) is 5.92 Å². The minimum atomic E-state index is -0.0310. The van der Waals surface area contributed by atoms with Gasteiger partial charge in [-0.15, -0.1) is 0 Å². The van der Waals surface area contributed by atoms with Crippen molar-refractivity contribution in [1.29, 1.82) is 0 Å². The zero-order valence-electron chi connectivity index (χ0n) is 9.57. The van der Waals surface area contributed by atoms with Crippen LogP contribution in [0.1, 0.15) is 12.2 Å². The number of aromatic amines is 1. The van der Waals surface area contributed by atoms with E-state index in [0.717, 1.165) is 37.3 Å². The molecule has 0 saturated carbocycles. The maximum Gasteiger partial charge on any atom is 0.258 e. The summed E-state index contributed by atoms with van der Waals surface area (Å²) in [5, 5.41) is 3.99. The van der Waals surface area contributed by atoms with Crippen molar-refractivity contribution in [2.75, 3.05) is 13.1 Å². The number of benzene rings is 1. The number of H-pyrrole nitrogens is 1. The van der Waals surface area contributed by atoms with Gasteiger partial charge in [0.15, 0.2) is 0 Å². The van der Waals surface area contributed by atoms with Gasteiger partial charge >= 0.3 is 0 Å². The van der Waals surface area contributed by atoms with Gasteiger partial charge in [-0.1, -0.05) is 12.1 Å². The third kappa shape index (κ3) is 2.08. The van der Waals surface area contributed by atoms with Crippen LogP contribution in [0.3, 0.4) is 0 Å². The molecule has 0 aliphatic carbocycles. The highest BCUT2D eigenvalue weighted by molar-refractivity contribution is 5.77. The summed E-state index contributed by atoms with van der Waals surface area (Å²) in [5.74, 6) is 1.40. The molecule has 88 valence electrons.